The van der Waals surface area contributed by atoms with Crippen molar-refractivity contribution in [1.29, 1.82) is 0 Å². The van der Waals surface area contributed by atoms with Crippen LogP contribution in [-0.2, 0) is 20.1 Å². The number of hydrogen-bond acceptors (Lipinski definition) is 3. The first kappa shape index (κ1) is 30.1. The maximum atomic E-state index is 6.22. The van der Waals surface area contributed by atoms with Crippen LogP contribution in [-0.4, -0.2) is 18.0 Å². The monoisotopic (exact) mass is 745 g/mol. The summed E-state index contributed by atoms with van der Waals surface area (Å²) < 4.78 is 6.22. The molecular formula is C37H36IrN2OSi-2. The van der Waals surface area contributed by atoms with Crippen molar-refractivity contribution in [1.82, 2.24) is 9.97 Å². The molecule has 0 amide bonds. The molecule has 6 aromatic rings. The van der Waals surface area contributed by atoms with Crippen LogP contribution in [0.5, 0.6) is 0 Å². The van der Waals surface area contributed by atoms with E-state index in [1.807, 2.05) is 54.7 Å². The number of fused-ring (bicyclic) bond motifs is 3. The molecule has 3 aromatic carbocycles. The standard InChI is InChI=1S/C20H18NOSi.C17H18N.Ir/c1-23(2,3)18-12-11-14(16-9-6-7-13-21-16)20-19(18)15-8-4-5-10-17(15)22-20;1-3-7-14(8-4-1)16-11-12-17(18-13-16)15-9-5-2-6-10-15;/h4-10,12-13H,1-3H3;2,5-6,9,11-14H,1,3-4,7-8H2;/q2*-1;. The Morgan fingerprint density at radius 3 is 2.26 bits per heavy atom. The molecule has 1 radical (unpaired) electrons. The predicted octanol–water partition coefficient (Wildman–Crippen LogP) is 9.59. The molecule has 3 aromatic heterocycles. The average molecular weight is 745 g/mol. The first-order chi connectivity index (χ1) is 20.0. The van der Waals surface area contributed by atoms with Crippen molar-refractivity contribution in [3.05, 3.63) is 115 Å². The van der Waals surface area contributed by atoms with Gasteiger partial charge in [-0.3, -0.25) is 0 Å². The molecule has 0 bridgehead atoms. The molecule has 1 fully saturated rings. The van der Waals surface area contributed by atoms with Gasteiger partial charge in [-0.15, -0.1) is 53.2 Å². The number of rotatable bonds is 4. The SMILES string of the molecule is C[Si](C)(C)c1c[c-]c(-c2ccccn2)c2oc3ccccc3c12.[Ir].[c-]1ccccc1-c1ccc(C2CCCCC2)cn1. The largest absolute Gasteiger partial charge is 0.501 e. The van der Waals surface area contributed by atoms with Crippen molar-refractivity contribution in [2.24, 2.45) is 0 Å². The predicted molar refractivity (Wildman–Crippen MR) is 173 cm³/mol. The van der Waals surface area contributed by atoms with Crippen molar-refractivity contribution in [3.8, 4) is 22.5 Å². The zero-order valence-corrected chi connectivity index (χ0v) is 27.9. The minimum Gasteiger partial charge on any atom is -0.501 e. The third kappa shape index (κ3) is 6.49. The van der Waals surface area contributed by atoms with Crippen LogP contribution < -0.4 is 5.19 Å². The molecule has 1 aliphatic rings. The number of aromatic nitrogens is 2. The van der Waals surface area contributed by atoms with Crippen molar-refractivity contribution in [2.75, 3.05) is 0 Å². The first-order valence-corrected chi connectivity index (χ1v) is 18.2. The Hall–Kier alpha value is -3.37. The second kappa shape index (κ2) is 13.3. The molecule has 0 N–H and O–H groups in total. The van der Waals surface area contributed by atoms with Gasteiger partial charge in [-0.2, -0.15) is 0 Å². The van der Waals surface area contributed by atoms with Crippen LogP contribution >= 0.6 is 0 Å². The van der Waals surface area contributed by atoms with E-state index in [2.05, 4.69) is 84.3 Å². The fraction of sp³-hybridized carbons (Fsp3) is 0.243. The smallest absolute Gasteiger partial charge is 0.120 e. The zero-order chi connectivity index (χ0) is 28.2. The molecule has 0 unspecified atom stereocenters. The van der Waals surface area contributed by atoms with Gasteiger partial charge in [0.25, 0.3) is 0 Å². The Balaban J connectivity index is 0.000000169. The van der Waals surface area contributed by atoms with Gasteiger partial charge in [-0.05, 0) is 47.8 Å². The average Bonchev–Trinajstić information content (AvgIpc) is 3.41. The van der Waals surface area contributed by atoms with Crippen molar-refractivity contribution < 1.29 is 24.5 Å². The van der Waals surface area contributed by atoms with Crippen LogP contribution in [0.15, 0.2) is 102 Å². The van der Waals surface area contributed by atoms with Gasteiger partial charge in [0.05, 0.1) is 5.58 Å². The molecule has 0 saturated heterocycles. The van der Waals surface area contributed by atoms with Crippen LogP contribution in [0.3, 0.4) is 0 Å². The van der Waals surface area contributed by atoms with Crippen LogP contribution in [0, 0.1) is 12.1 Å². The number of benzene rings is 3. The van der Waals surface area contributed by atoms with E-state index in [1.54, 1.807) is 0 Å². The fourth-order valence-corrected chi connectivity index (χ4v) is 7.36. The van der Waals surface area contributed by atoms with Gasteiger partial charge >= 0.3 is 0 Å². The number of furan rings is 1. The second-order valence-electron chi connectivity index (χ2n) is 11.9. The molecule has 0 spiro atoms. The molecular weight excluding hydrogens is 709 g/mol. The van der Waals surface area contributed by atoms with Gasteiger partial charge in [0.15, 0.2) is 0 Å². The molecule has 0 aliphatic heterocycles. The van der Waals surface area contributed by atoms with Crippen LogP contribution in [0.25, 0.3) is 44.5 Å². The van der Waals surface area contributed by atoms with Crippen molar-refractivity contribution in [3.63, 3.8) is 0 Å². The summed E-state index contributed by atoms with van der Waals surface area (Å²) in [5.74, 6) is 0.736. The molecule has 5 heteroatoms. The van der Waals surface area contributed by atoms with E-state index in [0.29, 0.717) is 0 Å². The molecule has 215 valence electrons. The van der Waals surface area contributed by atoms with Gasteiger partial charge < -0.3 is 14.4 Å². The summed E-state index contributed by atoms with van der Waals surface area (Å²) in [6.45, 7) is 7.08. The fourth-order valence-electron chi connectivity index (χ4n) is 5.86. The second-order valence-corrected chi connectivity index (χ2v) is 17.0. The van der Waals surface area contributed by atoms with E-state index in [-0.39, 0.29) is 20.1 Å². The van der Waals surface area contributed by atoms with Gasteiger partial charge in [0.2, 0.25) is 0 Å². The van der Waals surface area contributed by atoms with Crippen LogP contribution in [0.2, 0.25) is 19.6 Å². The minimum atomic E-state index is -1.51. The van der Waals surface area contributed by atoms with E-state index >= 15 is 0 Å². The topological polar surface area (TPSA) is 38.9 Å². The van der Waals surface area contributed by atoms with E-state index < -0.39 is 8.07 Å². The zero-order valence-electron chi connectivity index (χ0n) is 24.5. The molecule has 3 heterocycles. The summed E-state index contributed by atoms with van der Waals surface area (Å²) in [7, 11) is -1.51. The molecule has 1 saturated carbocycles. The van der Waals surface area contributed by atoms with Gasteiger partial charge in [0.1, 0.15) is 5.58 Å². The minimum absolute atomic E-state index is 0. The third-order valence-corrected chi connectivity index (χ3v) is 10.0. The van der Waals surface area contributed by atoms with Gasteiger partial charge in [-0.1, -0.05) is 92.3 Å². The van der Waals surface area contributed by atoms with E-state index in [0.717, 1.165) is 39.6 Å². The Morgan fingerprint density at radius 2 is 1.57 bits per heavy atom. The van der Waals surface area contributed by atoms with Crippen LogP contribution in [0.4, 0.5) is 0 Å². The summed E-state index contributed by atoms with van der Waals surface area (Å²) in [6.07, 6.45) is 10.7. The van der Waals surface area contributed by atoms with Crippen molar-refractivity contribution in [2.45, 2.75) is 57.7 Å². The maximum absolute atomic E-state index is 6.22. The summed E-state index contributed by atoms with van der Waals surface area (Å²) in [6, 6.07) is 35.4. The summed E-state index contributed by atoms with van der Waals surface area (Å²) in [5, 5.41) is 3.81. The molecule has 7 rings (SSSR count). The molecule has 0 atom stereocenters. The van der Waals surface area contributed by atoms with Crippen molar-refractivity contribution >= 4 is 35.2 Å². The Kier molecular flexibility index (Phi) is 9.52. The van der Waals surface area contributed by atoms with E-state index in [1.165, 1.54) is 53.6 Å². The Labute approximate surface area is 263 Å². The van der Waals surface area contributed by atoms with E-state index in [9.17, 15) is 0 Å². The molecule has 1 aliphatic carbocycles. The number of pyridine rings is 2. The van der Waals surface area contributed by atoms with Gasteiger partial charge in [0, 0.05) is 46.0 Å². The van der Waals surface area contributed by atoms with E-state index in [4.69, 9.17) is 4.42 Å². The number of para-hydroxylation sites is 1. The molecule has 42 heavy (non-hydrogen) atoms. The van der Waals surface area contributed by atoms with Crippen LogP contribution in [0.1, 0.15) is 43.6 Å². The summed E-state index contributed by atoms with van der Waals surface area (Å²) in [4.78, 5) is 9.07. The third-order valence-electron chi connectivity index (χ3n) is 8.03. The Morgan fingerprint density at radius 1 is 0.786 bits per heavy atom. The quantitative estimate of drug-likeness (QED) is 0.133. The normalized spacial score (nSPS) is 13.8. The number of nitrogens with zero attached hydrogens (tertiary/aromatic N) is 2. The van der Waals surface area contributed by atoms with Gasteiger partial charge in [-0.25, -0.2) is 0 Å². The first-order valence-electron chi connectivity index (χ1n) is 14.7. The maximum Gasteiger partial charge on any atom is 0.120 e. The summed E-state index contributed by atoms with van der Waals surface area (Å²) in [5.41, 5.74) is 7.19. The Bertz CT molecular complexity index is 1740. The molecule has 3 nitrogen and oxygen atoms in total. The summed E-state index contributed by atoms with van der Waals surface area (Å²) >= 11 is 0. The number of hydrogen-bond donors (Lipinski definition) is 0.